The van der Waals surface area contributed by atoms with Crippen molar-refractivity contribution in [1.29, 1.82) is 0 Å². The third kappa shape index (κ3) is 2.72. The predicted molar refractivity (Wildman–Crippen MR) is 85.7 cm³/mol. The first kappa shape index (κ1) is 14.3. The maximum absolute atomic E-state index is 6.16. The summed E-state index contributed by atoms with van der Waals surface area (Å²) in [6.45, 7) is 12.3. The van der Waals surface area contributed by atoms with Crippen LogP contribution in [0.5, 0.6) is 0 Å². The van der Waals surface area contributed by atoms with Gasteiger partial charge in [-0.25, -0.2) is 9.97 Å². The van der Waals surface area contributed by atoms with Crippen molar-refractivity contribution in [2.45, 2.75) is 45.8 Å². The number of ether oxygens (including phenoxy) is 1. The van der Waals surface area contributed by atoms with Crippen LogP contribution in [-0.4, -0.2) is 34.3 Å². The van der Waals surface area contributed by atoms with Gasteiger partial charge in [0.1, 0.15) is 12.1 Å². The van der Waals surface area contributed by atoms with Gasteiger partial charge in [0.25, 0.3) is 0 Å². The average molecular weight is 285 g/mol. The van der Waals surface area contributed by atoms with Crippen molar-refractivity contribution in [1.82, 2.24) is 9.97 Å². The summed E-state index contributed by atoms with van der Waals surface area (Å²) in [6, 6.07) is 6.26. The molecule has 2 aromatic rings. The molecule has 0 bridgehead atoms. The molecule has 1 aliphatic rings. The fourth-order valence-electron chi connectivity index (χ4n) is 3.41. The minimum absolute atomic E-state index is 0.192. The van der Waals surface area contributed by atoms with E-state index in [9.17, 15) is 0 Å². The highest BCUT2D eigenvalue weighted by molar-refractivity contribution is 5.91. The Labute approximate surface area is 126 Å². The van der Waals surface area contributed by atoms with Crippen LogP contribution in [0.15, 0.2) is 24.5 Å². The zero-order chi connectivity index (χ0) is 15.3. The molecule has 0 atom stereocenters. The summed E-state index contributed by atoms with van der Waals surface area (Å²) < 4.78 is 6.16. The number of morpholine rings is 1. The van der Waals surface area contributed by atoms with Gasteiger partial charge >= 0.3 is 0 Å². The Kier molecular flexibility index (Phi) is 3.17. The SMILES string of the molecule is Cc1cccc2c(N3CC(C)(C)OC(C)(C)C3)ncnc12. The van der Waals surface area contributed by atoms with Gasteiger partial charge in [0.2, 0.25) is 0 Å². The maximum Gasteiger partial charge on any atom is 0.140 e. The van der Waals surface area contributed by atoms with Crippen molar-refractivity contribution in [3.8, 4) is 0 Å². The molecule has 1 fully saturated rings. The number of hydrogen-bond donors (Lipinski definition) is 0. The number of fused-ring (bicyclic) bond motifs is 1. The molecule has 0 saturated carbocycles. The quantitative estimate of drug-likeness (QED) is 0.805. The van der Waals surface area contributed by atoms with Crippen molar-refractivity contribution in [3.63, 3.8) is 0 Å². The molecule has 0 radical (unpaired) electrons. The molecule has 1 aliphatic heterocycles. The second kappa shape index (κ2) is 4.67. The van der Waals surface area contributed by atoms with Crippen molar-refractivity contribution in [2.24, 2.45) is 0 Å². The monoisotopic (exact) mass is 285 g/mol. The lowest BCUT2D eigenvalue weighted by atomic mass is 9.98. The molecule has 1 aromatic carbocycles. The Hall–Kier alpha value is -1.68. The summed E-state index contributed by atoms with van der Waals surface area (Å²) in [6.07, 6.45) is 1.67. The van der Waals surface area contributed by atoms with E-state index in [0.29, 0.717) is 0 Å². The Morgan fingerprint density at radius 3 is 2.38 bits per heavy atom. The highest BCUT2D eigenvalue weighted by atomic mass is 16.5. The van der Waals surface area contributed by atoms with Crippen LogP contribution < -0.4 is 4.90 Å². The number of nitrogens with zero attached hydrogens (tertiary/aromatic N) is 3. The van der Waals surface area contributed by atoms with Gasteiger partial charge in [-0.05, 0) is 46.2 Å². The van der Waals surface area contributed by atoms with Gasteiger partial charge in [0.05, 0.1) is 16.7 Å². The molecule has 1 aromatic heterocycles. The fourth-order valence-corrected chi connectivity index (χ4v) is 3.41. The fraction of sp³-hybridized carbons (Fsp3) is 0.529. The lowest BCUT2D eigenvalue weighted by Crippen LogP contribution is -2.57. The van der Waals surface area contributed by atoms with Gasteiger partial charge in [-0.2, -0.15) is 0 Å². The van der Waals surface area contributed by atoms with E-state index < -0.39 is 0 Å². The number of hydrogen-bond acceptors (Lipinski definition) is 4. The largest absolute Gasteiger partial charge is 0.366 e. The number of para-hydroxylation sites is 1. The van der Waals surface area contributed by atoms with Gasteiger partial charge in [-0.15, -0.1) is 0 Å². The van der Waals surface area contributed by atoms with Crippen LogP contribution in [-0.2, 0) is 4.74 Å². The summed E-state index contributed by atoms with van der Waals surface area (Å²) in [4.78, 5) is 11.3. The van der Waals surface area contributed by atoms with E-state index >= 15 is 0 Å². The zero-order valence-corrected chi connectivity index (χ0v) is 13.5. The maximum atomic E-state index is 6.16. The van der Waals surface area contributed by atoms with Gasteiger partial charge in [0.15, 0.2) is 0 Å². The first-order chi connectivity index (χ1) is 9.77. The van der Waals surface area contributed by atoms with Crippen molar-refractivity contribution in [2.75, 3.05) is 18.0 Å². The molecule has 21 heavy (non-hydrogen) atoms. The second-order valence-corrected chi connectivity index (χ2v) is 7.15. The smallest absolute Gasteiger partial charge is 0.140 e. The van der Waals surface area contributed by atoms with E-state index in [4.69, 9.17) is 4.74 Å². The molecule has 0 N–H and O–H groups in total. The minimum atomic E-state index is -0.192. The highest BCUT2D eigenvalue weighted by Crippen LogP contribution is 2.33. The number of aromatic nitrogens is 2. The lowest BCUT2D eigenvalue weighted by molar-refractivity contribution is -0.133. The first-order valence-corrected chi connectivity index (χ1v) is 7.43. The first-order valence-electron chi connectivity index (χ1n) is 7.43. The summed E-state index contributed by atoms with van der Waals surface area (Å²) in [5.41, 5.74) is 1.83. The van der Waals surface area contributed by atoms with Gasteiger partial charge in [-0.3, -0.25) is 0 Å². The van der Waals surface area contributed by atoms with E-state index in [1.807, 2.05) is 0 Å². The summed E-state index contributed by atoms with van der Waals surface area (Å²) >= 11 is 0. The van der Waals surface area contributed by atoms with Crippen LogP contribution in [0.25, 0.3) is 10.9 Å². The molecule has 1 saturated heterocycles. The normalized spacial score (nSPS) is 20.7. The lowest BCUT2D eigenvalue weighted by Gasteiger charge is -2.47. The van der Waals surface area contributed by atoms with Crippen LogP contribution in [0.4, 0.5) is 5.82 Å². The van der Waals surface area contributed by atoms with Gasteiger partial charge in [0, 0.05) is 18.5 Å². The molecule has 4 nitrogen and oxygen atoms in total. The molecule has 3 rings (SSSR count). The molecule has 2 heterocycles. The van der Waals surface area contributed by atoms with E-state index in [1.54, 1.807) is 6.33 Å². The molecular formula is C17H23N3O. The van der Waals surface area contributed by atoms with Crippen LogP contribution in [0, 0.1) is 6.92 Å². The predicted octanol–water partition coefficient (Wildman–Crippen LogP) is 3.33. The summed E-state index contributed by atoms with van der Waals surface area (Å²) in [7, 11) is 0. The molecule has 0 unspecified atom stereocenters. The number of anilines is 1. The second-order valence-electron chi connectivity index (χ2n) is 7.15. The third-order valence-corrected chi connectivity index (χ3v) is 3.84. The van der Waals surface area contributed by atoms with Crippen LogP contribution in [0.1, 0.15) is 33.3 Å². The topological polar surface area (TPSA) is 38.2 Å². The molecule has 0 aliphatic carbocycles. The number of rotatable bonds is 1. The standard InChI is InChI=1S/C17H23N3O/c1-12-7-6-8-13-14(12)18-11-19-15(13)20-9-16(2,3)21-17(4,5)10-20/h6-8,11H,9-10H2,1-5H3. The Morgan fingerprint density at radius 2 is 1.71 bits per heavy atom. The van der Waals surface area contributed by atoms with Crippen molar-refractivity contribution < 1.29 is 4.74 Å². The average Bonchev–Trinajstić information content (AvgIpc) is 2.35. The molecular weight excluding hydrogens is 262 g/mol. The molecule has 0 amide bonds. The molecule has 4 heteroatoms. The number of aryl methyl sites for hydroxylation is 1. The van der Waals surface area contributed by atoms with E-state index in [2.05, 4.69) is 67.7 Å². The minimum Gasteiger partial charge on any atom is -0.366 e. The van der Waals surface area contributed by atoms with E-state index in [0.717, 1.165) is 29.8 Å². The van der Waals surface area contributed by atoms with Crippen LogP contribution >= 0.6 is 0 Å². The Morgan fingerprint density at radius 1 is 1.05 bits per heavy atom. The number of benzene rings is 1. The summed E-state index contributed by atoms with van der Waals surface area (Å²) in [5.74, 6) is 1.01. The summed E-state index contributed by atoms with van der Waals surface area (Å²) in [5, 5.41) is 1.12. The van der Waals surface area contributed by atoms with Crippen molar-refractivity contribution >= 4 is 16.7 Å². The van der Waals surface area contributed by atoms with E-state index in [-0.39, 0.29) is 11.2 Å². The Bertz CT molecular complexity index is 663. The Balaban J connectivity index is 2.10. The zero-order valence-electron chi connectivity index (χ0n) is 13.5. The third-order valence-electron chi connectivity index (χ3n) is 3.84. The van der Waals surface area contributed by atoms with E-state index in [1.165, 1.54) is 5.56 Å². The molecule has 112 valence electrons. The van der Waals surface area contributed by atoms with Crippen molar-refractivity contribution in [3.05, 3.63) is 30.1 Å². The van der Waals surface area contributed by atoms with Gasteiger partial charge < -0.3 is 9.64 Å². The highest BCUT2D eigenvalue weighted by Gasteiger charge is 2.39. The molecule has 0 spiro atoms. The van der Waals surface area contributed by atoms with Crippen LogP contribution in [0.3, 0.4) is 0 Å². The van der Waals surface area contributed by atoms with Gasteiger partial charge in [-0.1, -0.05) is 12.1 Å². The van der Waals surface area contributed by atoms with Crippen LogP contribution in [0.2, 0.25) is 0 Å².